The number of ether oxygens (including phenoxy) is 1. The van der Waals surface area contributed by atoms with Gasteiger partial charge in [-0.3, -0.25) is 4.79 Å². The maximum atomic E-state index is 12.2. The molecule has 0 saturated carbocycles. The largest absolute Gasteiger partial charge is 0.507 e. The van der Waals surface area contributed by atoms with Crippen molar-refractivity contribution in [3.05, 3.63) is 65.2 Å². The van der Waals surface area contributed by atoms with E-state index >= 15 is 0 Å². The number of para-hydroxylation sites is 2. The van der Waals surface area contributed by atoms with Crippen molar-refractivity contribution in [2.45, 2.75) is 19.0 Å². The van der Waals surface area contributed by atoms with E-state index in [4.69, 9.17) is 4.74 Å². The van der Waals surface area contributed by atoms with Crippen LogP contribution in [0.5, 0.6) is 0 Å². The summed E-state index contributed by atoms with van der Waals surface area (Å²) in [7, 11) is 0. The number of aliphatic hydroxyl groups excluding tert-OH is 1. The van der Waals surface area contributed by atoms with E-state index in [1.54, 1.807) is 16.8 Å². The number of benzene rings is 2. The Morgan fingerprint density at radius 3 is 2.88 bits per heavy atom. The number of hydrogen-bond acceptors (Lipinski definition) is 9. The number of nitrogens with zero attached hydrogens (tertiary/aromatic N) is 6. The van der Waals surface area contributed by atoms with E-state index in [2.05, 4.69) is 25.5 Å². The van der Waals surface area contributed by atoms with Crippen molar-refractivity contribution >= 4 is 34.3 Å². The minimum absolute atomic E-state index is 0.0783. The fourth-order valence-corrected chi connectivity index (χ4v) is 3.76. The van der Waals surface area contributed by atoms with Crippen molar-refractivity contribution in [1.82, 2.24) is 30.2 Å². The third-order valence-corrected chi connectivity index (χ3v) is 5.64. The van der Waals surface area contributed by atoms with Crippen LogP contribution in [0.15, 0.2) is 53.4 Å². The second kappa shape index (κ2) is 9.54. The highest BCUT2D eigenvalue weighted by Crippen LogP contribution is 2.22. The number of allylic oxidation sites excluding steroid dienone is 1. The van der Waals surface area contributed by atoms with Crippen LogP contribution in [0.25, 0.3) is 22.3 Å². The Bertz CT molecular complexity index is 1370. The molecular weight excluding hydrogens is 442 g/mol. The molecule has 0 fully saturated rings. The number of carbonyl (C=O) groups is 1. The molecule has 2 aromatic heterocycles. The lowest BCUT2D eigenvalue weighted by molar-refractivity contribution is -0.140. The van der Waals surface area contributed by atoms with Crippen LogP contribution in [-0.2, 0) is 9.53 Å². The molecule has 166 valence electrons. The predicted octanol–water partition coefficient (Wildman–Crippen LogP) is 3.28. The molecule has 0 atom stereocenters. The molecular formula is C22H19N7O3S. The summed E-state index contributed by atoms with van der Waals surface area (Å²) in [4.78, 5) is 19.5. The van der Waals surface area contributed by atoms with Crippen LogP contribution >= 0.6 is 11.8 Å². The zero-order valence-corrected chi connectivity index (χ0v) is 18.6. The first-order valence-electron chi connectivity index (χ1n) is 9.88. The van der Waals surface area contributed by atoms with E-state index in [0.29, 0.717) is 10.7 Å². The number of rotatable bonds is 7. The summed E-state index contributed by atoms with van der Waals surface area (Å²) in [6.07, 6.45) is 0. The van der Waals surface area contributed by atoms with Gasteiger partial charge in [-0.2, -0.15) is 9.94 Å². The molecule has 4 aromatic rings. The van der Waals surface area contributed by atoms with Crippen LogP contribution in [-0.4, -0.2) is 53.6 Å². The molecule has 0 amide bonds. The third kappa shape index (κ3) is 4.86. The summed E-state index contributed by atoms with van der Waals surface area (Å²) in [5, 5.41) is 31.9. The molecule has 2 aromatic carbocycles. The highest BCUT2D eigenvalue weighted by molar-refractivity contribution is 7.99. The van der Waals surface area contributed by atoms with Crippen LogP contribution in [0.1, 0.15) is 17.0 Å². The van der Waals surface area contributed by atoms with Gasteiger partial charge in [0.15, 0.2) is 11.6 Å². The van der Waals surface area contributed by atoms with Crippen LogP contribution in [0.2, 0.25) is 0 Å². The minimum atomic E-state index is -0.594. The number of aromatic amines is 1. The molecule has 2 heterocycles. The quantitative estimate of drug-likeness (QED) is 0.183. The van der Waals surface area contributed by atoms with Crippen LogP contribution in [0.3, 0.4) is 0 Å². The number of nitriles is 1. The van der Waals surface area contributed by atoms with Crippen molar-refractivity contribution in [1.29, 1.82) is 5.26 Å². The van der Waals surface area contributed by atoms with Gasteiger partial charge in [0.25, 0.3) is 0 Å². The number of esters is 1. The summed E-state index contributed by atoms with van der Waals surface area (Å²) in [5.74, 6) is -0.862. The predicted molar refractivity (Wildman–Crippen MR) is 122 cm³/mol. The molecule has 0 aliphatic carbocycles. The van der Waals surface area contributed by atoms with Crippen molar-refractivity contribution in [2.24, 2.45) is 0 Å². The van der Waals surface area contributed by atoms with Crippen LogP contribution in [0, 0.1) is 25.2 Å². The molecule has 0 aliphatic heterocycles. The van der Waals surface area contributed by atoms with Crippen LogP contribution in [0.4, 0.5) is 0 Å². The van der Waals surface area contributed by atoms with Gasteiger partial charge in [0, 0.05) is 0 Å². The Balaban J connectivity index is 1.40. The third-order valence-electron chi connectivity index (χ3n) is 4.75. The average molecular weight is 462 g/mol. The number of tetrazole rings is 1. The van der Waals surface area contributed by atoms with Gasteiger partial charge in [-0.15, -0.1) is 5.10 Å². The van der Waals surface area contributed by atoms with Crippen LogP contribution < -0.4 is 0 Å². The number of H-pyrrole nitrogens is 1. The number of fused-ring (bicyclic) bond motifs is 1. The van der Waals surface area contributed by atoms with Gasteiger partial charge in [-0.1, -0.05) is 36.0 Å². The second-order valence-electron chi connectivity index (χ2n) is 7.15. The fraction of sp³-hybridized carbons (Fsp3) is 0.182. The van der Waals surface area contributed by atoms with Crippen molar-refractivity contribution in [3.8, 4) is 11.8 Å². The zero-order chi connectivity index (χ0) is 23.4. The summed E-state index contributed by atoms with van der Waals surface area (Å²) < 4.78 is 6.69. The summed E-state index contributed by atoms with van der Waals surface area (Å²) in [6.45, 7) is 3.46. The fourth-order valence-electron chi connectivity index (χ4n) is 3.08. The molecule has 33 heavy (non-hydrogen) atoms. The van der Waals surface area contributed by atoms with E-state index in [1.165, 1.54) is 0 Å². The topological polar surface area (TPSA) is 143 Å². The highest BCUT2D eigenvalue weighted by atomic mass is 32.2. The normalized spacial score (nSPS) is 11.8. The molecule has 11 heteroatoms. The Kier molecular flexibility index (Phi) is 6.37. The highest BCUT2D eigenvalue weighted by Gasteiger charge is 2.17. The number of imidazole rings is 1. The zero-order valence-electron chi connectivity index (χ0n) is 17.8. The SMILES string of the molecule is Cc1ccc(C)c(-n2nnnc2SCC(=O)OCC(O)=C(C#N)c2nc3ccccc3[nH]2)c1. The Morgan fingerprint density at radius 2 is 2.09 bits per heavy atom. The molecule has 10 nitrogen and oxygen atoms in total. The molecule has 0 unspecified atom stereocenters. The number of aliphatic hydroxyl groups is 1. The minimum Gasteiger partial charge on any atom is -0.507 e. The Labute approximate surface area is 192 Å². The summed E-state index contributed by atoms with van der Waals surface area (Å²) in [6, 6.07) is 15.1. The number of thioether (sulfide) groups is 1. The molecule has 0 bridgehead atoms. The lowest BCUT2D eigenvalue weighted by atomic mass is 10.1. The smallest absolute Gasteiger partial charge is 0.316 e. The van der Waals surface area contributed by atoms with E-state index in [0.717, 1.165) is 34.1 Å². The molecule has 0 saturated heterocycles. The monoisotopic (exact) mass is 461 g/mol. The number of aryl methyl sites for hydroxylation is 2. The first-order valence-corrected chi connectivity index (χ1v) is 10.9. The Morgan fingerprint density at radius 1 is 1.27 bits per heavy atom. The molecule has 0 aliphatic rings. The lowest BCUT2D eigenvalue weighted by Gasteiger charge is -2.08. The van der Waals surface area contributed by atoms with Gasteiger partial charge < -0.3 is 14.8 Å². The van der Waals surface area contributed by atoms with E-state index in [-0.39, 0.29) is 17.2 Å². The van der Waals surface area contributed by atoms with Crippen molar-refractivity contribution in [3.63, 3.8) is 0 Å². The summed E-state index contributed by atoms with van der Waals surface area (Å²) in [5.41, 5.74) is 4.15. The molecule has 4 rings (SSSR count). The first kappa shape index (κ1) is 22.0. The van der Waals surface area contributed by atoms with Gasteiger partial charge in [-0.05, 0) is 53.6 Å². The lowest BCUT2D eigenvalue weighted by Crippen LogP contribution is -2.12. The standard InChI is InChI=1S/C22H19N7O3S/c1-13-7-8-14(2)18(9-13)29-22(26-27-28-29)33-12-20(31)32-11-19(30)15(10-23)21-24-16-5-3-4-6-17(16)25-21/h3-9,30H,11-12H2,1-2H3,(H,24,25). The van der Waals surface area contributed by atoms with E-state index in [1.807, 2.05) is 50.2 Å². The number of hydrogen-bond donors (Lipinski definition) is 2. The van der Waals surface area contributed by atoms with Crippen molar-refractivity contribution in [2.75, 3.05) is 12.4 Å². The molecule has 0 spiro atoms. The van der Waals surface area contributed by atoms with Gasteiger partial charge in [-0.25, -0.2) is 4.98 Å². The number of aromatic nitrogens is 6. The number of nitrogens with one attached hydrogen (secondary N) is 1. The summed E-state index contributed by atoms with van der Waals surface area (Å²) >= 11 is 1.11. The molecule has 0 radical (unpaired) electrons. The Hall–Kier alpha value is -4.17. The molecule has 2 N–H and O–H groups in total. The average Bonchev–Trinajstić information content (AvgIpc) is 3.45. The van der Waals surface area contributed by atoms with Gasteiger partial charge in [0.2, 0.25) is 5.16 Å². The maximum absolute atomic E-state index is 12.2. The first-order chi connectivity index (χ1) is 16.0. The van der Waals surface area contributed by atoms with E-state index in [9.17, 15) is 15.2 Å². The second-order valence-corrected chi connectivity index (χ2v) is 8.09. The van der Waals surface area contributed by atoms with E-state index < -0.39 is 18.3 Å². The van der Waals surface area contributed by atoms with Crippen molar-refractivity contribution < 1.29 is 14.6 Å². The van der Waals surface area contributed by atoms with Gasteiger partial charge in [0.05, 0.1) is 22.5 Å². The van der Waals surface area contributed by atoms with Gasteiger partial charge >= 0.3 is 5.97 Å². The number of carbonyl (C=O) groups excluding carboxylic acids is 1. The van der Waals surface area contributed by atoms with Gasteiger partial charge in [0.1, 0.15) is 18.2 Å². The maximum Gasteiger partial charge on any atom is 0.316 e.